The van der Waals surface area contributed by atoms with E-state index < -0.39 is 0 Å². The monoisotopic (exact) mass is 297 g/mol. The number of quaternary nitrogens is 1. The van der Waals surface area contributed by atoms with Crippen molar-refractivity contribution in [2.24, 2.45) is 15.2 Å². The summed E-state index contributed by atoms with van der Waals surface area (Å²) in [5.74, 6) is 0.559. The van der Waals surface area contributed by atoms with E-state index in [4.69, 9.17) is 10.5 Å². The van der Waals surface area contributed by atoms with Gasteiger partial charge in [0.2, 0.25) is 0 Å². The maximum Gasteiger partial charge on any atom is 0.194 e. The van der Waals surface area contributed by atoms with Crippen molar-refractivity contribution < 1.29 is 9.80 Å². The lowest BCUT2D eigenvalue weighted by molar-refractivity contribution is -0.655. The molecule has 7 nitrogen and oxygen atoms in total. The summed E-state index contributed by atoms with van der Waals surface area (Å²) in [6.07, 6.45) is 1.31. The Morgan fingerprint density at radius 2 is 2.05 bits per heavy atom. The zero-order valence-electron chi connectivity index (χ0n) is 12.2. The SMILES string of the molecule is COc1cc(N=Nc2ccc3c(c2)N=C[NH+]3[O-])c(C)cc1N. The molecule has 112 valence electrons. The van der Waals surface area contributed by atoms with E-state index in [1.807, 2.05) is 6.92 Å². The van der Waals surface area contributed by atoms with Gasteiger partial charge in [0.25, 0.3) is 0 Å². The van der Waals surface area contributed by atoms with Crippen LogP contribution in [-0.4, -0.2) is 13.4 Å². The predicted octanol–water partition coefficient (Wildman–Crippen LogP) is 2.69. The van der Waals surface area contributed by atoms with Crippen LogP contribution in [-0.2, 0) is 0 Å². The zero-order chi connectivity index (χ0) is 15.7. The molecule has 0 saturated heterocycles. The highest BCUT2D eigenvalue weighted by molar-refractivity contribution is 5.74. The number of ether oxygens (including phenoxy) is 1. The number of nitrogens with two attached hydrogens (primary N) is 1. The van der Waals surface area contributed by atoms with Gasteiger partial charge in [-0.1, -0.05) is 0 Å². The van der Waals surface area contributed by atoms with Gasteiger partial charge in [-0.05, 0) is 30.7 Å². The van der Waals surface area contributed by atoms with E-state index >= 15 is 0 Å². The van der Waals surface area contributed by atoms with Gasteiger partial charge in [0.1, 0.15) is 11.4 Å². The minimum atomic E-state index is -0.0856. The fraction of sp³-hybridized carbons (Fsp3) is 0.133. The molecule has 0 saturated carbocycles. The Hall–Kier alpha value is -2.77. The number of aliphatic imine (C=N–C) groups is 1. The molecule has 7 heteroatoms. The molecule has 0 bridgehead atoms. The van der Waals surface area contributed by atoms with E-state index in [0.717, 1.165) is 5.56 Å². The molecular formula is C15H15N5O2. The number of nitrogens with one attached hydrogen (secondary N) is 1. The summed E-state index contributed by atoms with van der Waals surface area (Å²) in [6.45, 7) is 1.90. The molecule has 0 amide bonds. The Morgan fingerprint density at radius 3 is 2.82 bits per heavy atom. The van der Waals surface area contributed by atoms with E-state index in [-0.39, 0.29) is 5.06 Å². The number of hydrogen-bond donors (Lipinski definition) is 2. The maximum atomic E-state index is 11.5. The second-order valence-corrected chi connectivity index (χ2v) is 4.90. The lowest BCUT2D eigenvalue weighted by atomic mass is 10.1. The largest absolute Gasteiger partial charge is 0.623 e. The molecule has 1 atom stereocenters. The van der Waals surface area contributed by atoms with Crippen LogP contribution in [0.15, 0.2) is 45.6 Å². The van der Waals surface area contributed by atoms with Crippen LogP contribution in [0.25, 0.3) is 0 Å². The smallest absolute Gasteiger partial charge is 0.194 e. The minimum Gasteiger partial charge on any atom is -0.623 e. The predicted molar refractivity (Wildman–Crippen MR) is 84.9 cm³/mol. The Kier molecular flexibility index (Phi) is 3.58. The van der Waals surface area contributed by atoms with Gasteiger partial charge >= 0.3 is 0 Å². The van der Waals surface area contributed by atoms with Crippen LogP contribution in [0.2, 0.25) is 0 Å². The topological polar surface area (TPSA) is 99.8 Å². The molecule has 3 rings (SSSR count). The molecule has 3 N–H and O–H groups in total. The number of hydrogen-bond acceptors (Lipinski definition) is 6. The first-order valence-electron chi connectivity index (χ1n) is 6.67. The number of aryl methyl sites for hydroxylation is 1. The first-order valence-corrected chi connectivity index (χ1v) is 6.67. The van der Waals surface area contributed by atoms with Crippen LogP contribution < -0.4 is 15.5 Å². The number of nitrogen functional groups attached to an aromatic ring is 1. The molecule has 1 unspecified atom stereocenters. The number of anilines is 1. The van der Waals surface area contributed by atoms with Crippen LogP contribution in [0.3, 0.4) is 0 Å². The molecule has 1 aliphatic rings. The molecule has 0 aliphatic carbocycles. The highest BCUT2D eigenvalue weighted by Gasteiger charge is 2.14. The third-order valence-electron chi connectivity index (χ3n) is 3.39. The Balaban J connectivity index is 1.90. The summed E-state index contributed by atoms with van der Waals surface area (Å²) in [7, 11) is 1.55. The van der Waals surface area contributed by atoms with Crippen LogP contribution in [0, 0.1) is 12.1 Å². The number of azo groups is 1. The molecule has 2 aromatic carbocycles. The van der Waals surface area contributed by atoms with Crippen molar-refractivity contribution in [3.63, 3.8) is 0 Å². The van der Waals surface area contributed by atoms with Crippen LogP contribution in [0.1, 0.15) is 5.56 Å². The fourth-order valence-electron chi connectivity index (χ4n) is 2.19. The van der Waals surface area contributed by atoms with E-state index in [1.54, 1.807) is 37.4 Å². The third kappa shape index (κ3) is 2.54. The molecule has 1 heterocycles. The second kappa shape index (κ2) is 5.55. The summed E-state index contributed by atoms with van der Waals surface area (Å²) < 4.78 is 5.18. The highest BCUT2D eigenvalue weighted by Crippen LogP contribution is 2.33. The number of methoxy groups -OCH3 is 1. The van der Waals surface area contributed by atoms with Gasteiger partial charge in [0.05, 0.1) is 24.2 Å². The van der Waals surface area contributed by atoms with Gasteiger partial charge < -0.3 is 15.7 Å². The Labute approximate surface area is 127 Å². The lowest BCUT2D eigenvalue weighted by Gasteiger charge is -2.10. The van der Waals surface area contributed by atoms with Crippen molar-refractivity contribution in [1.82, 2.24) is 0 Å². The van der Waals surface area contributed by atoms with Gasteiger partial charge in [-0.15, -0.1) is 0 Å². The van der Waals surface area contributed by atoms with Gasteiger partial charge in [0.15, 0.2) is 12.0 Å². The summed E-state index contributed by atoms with van der Waals surface area (Å²) in [5, 5.41) is 19.8. The molecular weight excluding hydrogens is 282 g/mol. The van der Waals surface area contributed by atoms with Crippen molar-refractivity contribution in [2.45, 2.75) is 6.92 Å². The lowest BCUT2D eigenvalue weighted by Crippen LogP contribution is -2.99. The molecule has 0 radical (unpaired) electrons. The minimum absolute atomic E-state index is 0.0856. The normalized spacial score (nSPS) is 16.2. The van der Waals surface area contributed by atoms with E-state index in [9.17, 15) is 5.21 Å². The van der Waals surface area contributed by atoms with Gasteiger partial charge in [-0.2, -0.15) is 15.2 Å². The summed E-state index contributed by atoms with van der Waals surface area (Å²) in [5.41, 5.74) is 9.80. The van der Waals surface area contributed by atoms with E-state index in [0.29, 0.717) is 34.2 Å². The summed E-state index contributed by atoms with van der Waals surface area (Å²) in [4.78, 5) is 4.04. The molecule has 22 heavy (non-hydrogen) atoms. The first kappa shape index (κ1) is 14.2. The maximum absolute atomic E-state index is 11.5. The fourth-order valence-corrected chi connectivity index (χ4v) is 2.19. The third-order valence-corrected chi connectivity index (χ3v) is 3.39. The van der Waals surface area contributed by atoms with E-state index in [1.165, 1.54) is 6.34 Å². The highest BCUT2D eigenvalue weighted by atomic mass is 16.5. The summed E-state index contributed by atoms with van der Waals surface area (Å²) >= 11 is 0. The number of benzene rings is 2. The van der Waals surface area contributed by atoms with Crippen molar-refractivity contribution >= 4 is 34.8 Å². The zero-order valence-corrected chi connectivity index (χ0v) is 12.2. The number of fused-ring (bicyclic) bond motifs is 1. The van der Waals surface area contributed by atoms with Crippen LogP contribution in [0.4, 0.5) is 28.4 Å². The average Bonchev–Trinajstić information content (AvgIpc) is 2.87. The first-order chi connectivity index (χ1) is 10.6. The number of nitrogens with zero attached hydrogens (tertiary/aromatic N) is 3. The van der Waals surface area contributed by atoms with Crippen LogP contribution in [0.5, 0.6) is 5.75 Å². The van der Waals surface area contributed by atoms with Gasteiger partial charge in [0, 0.05) is 12.1 Å². The van der Waals surface area contributed by atoms with Crippen LogP contribution >= 0.6 is 0 Å². The van der Waals surface area contributed by atoms with Crippen molar-refractivity contribution in [3.05, 3.63) is 41.1 Å². The summed E-state index contributed by atoms with van der Waals surface area (Å²) in [6, 6.07) is 8.69. The molecule has 1 aliphatic heterocycles. The number of hydroxylamine groups is 1. The standard InChI is InChI=1S/C15H15N5O2/c1-9-5-11(16)15(22-2)7-12(9)19-18-10-3-4-14-13(6-10)17-8-20(14)21/h3-8,20H,16H2,1-2H3. The molecule has 2 aromatic rings. The molecule has 0 fully saturated rings. The van der Waals surface area contributed by atoms with Crippen molar-refractivity contribution in [3.8, 4) is 5.75 Å². The van der Waals surface area contributed by atoms with Gasteiger partial charge in [-0.25, -0.2) is 0 Å². The molecule has 0 aromatic heterocycles. The quantitative estimate of drug-likeness (QED) is 0.517. The van der Waals surface area contributed by atoms with Gasteiger partial charge in [-0.3, -0.25) is 5.06 Å². The average molecular weight is 297 g/mol. The van der Waals surface area contributed by atoms with E-state index in [2.05, 4.69) is 15.2 Å². The Bertz CT molecular complexity index is 786. The van der Waals surface area contributed by atoms with Crippen molar-refractivity contribution in [1.29, 1.82) is 0 Å². The van der Waals surface area contributed by atoms with Crippen molar-refractivity contribution in [2.75, 3.05) is 12.8 Å². The number of rotatable bonds is 3. The molecule has 0 spiro atoms. The second-order valence-electron chi connectivity index (χ2n) is 4.90. The Morgan fingerprint density at radius 1 is 1.23 bits per heavy atom.